The number of fused-ring (bicyclic) bond motifs is 1. The molecule has 1 aliphatic rings. The molecule has 0 saturated heterocycles. The first-order valence-corrected chi connectivity index (χ1v) is 6.48. The lowest BCUT2D eigenvalue weighted by molar-refractivity contribution is -0.136. The molecule has 0 aliphatic carbocycles. The third-order valence-electron chi connectivity index (χ3n) is 3.52. The highest BCUT2D eigenvalue weighted by atomic mass is 19.4. The largest absolute Gasteiger partial charge is 0.418 e. The van der Waals surface area contributed by atoms with E-state index in [0.717, 1.165) is 37.3 Å². The van der Waals surface area contributed by atoms with Crippen molar-refractivity contribution < 1.29 is 13.2 Å². The van der Waals surface area contributed by atoms with Gasteiger partial charge in [-0.15, -0.1) is 0 Å². The van der Waals surface area contributed by atoms with E-state index in [2.05, 4.69) is 12.2 Å². The Hall–Kier alpha value is -1.19. The number of anilines is 1. The van der Waals surface area contributed by atoms with Gasteiger partial charge in [-0.25, -0.2) is 0 Å². The molecular weight excluding hydrogens is 239 g/mol. The Labute approximate surface area is 105 Å². The van der Waals surface area contributed by atoms with Crippen LogP contribution in [0.1, 0.15) is 49.7 Å². The zero-order valence-corrected chi connectivity index (χ0v) is 10.5. The Morgan fingerprint density at radius 3 is 2.72 bits per heavy atom. The molecule has 1 aliphatic heterocycles. The van der Waals surface area contributed by atoms with Gasteiger partial charge in [0, 0.05) is 18.2 Å². The van der Waals surface area contributed by atoms with Crippen molar-refractivity contribution in [3.8, 4) is 0 Å². The summed E-state index contributed by atoms with van der Waals surface area (Å²) >= 11 is 0. The second-order valence-corrected chi connectivity index (χ2v) is 4.84. The van der Waals surface area contributed by atoms with E-state index in [9.17, 15) is 13.2 Å². The topological polar surface area (TPSA) is 12.0 Å². The summed E-state index contributed by atoms with van der Waals surface area (Å²) in [6.07, 6.45) is 0.0602. The van der Waals surface area contributed by atoms with Crippen molar-refractivity contribution in [3.05, 3.63) is 29.3 Å². The number of nitrogens with one attached hydrogen (secondary N) is 1. The molecule has 0 aromatic heterocycles. The normalized spacial score (nSPS) is 18.6. The molecule has 100 valence electrons. The molecule has 1 nitrogen and oxygen atoms in total. The van der Waals surface area contributed by atoms with Crippen LogP contribution < -0.4 is 5.32 Å². The van der Waals surface area contributed by atoms with Gasteiger partial charge in [0.25, 0.3) is 0 Å². The Balaban J connectivity index is 2.19. The molecule has 18 heavy (non-hydrogen) atoms. The van der Waals surface area contributed by atoms with Gasteiger partial charge in [0.2, 0.25) is 0 Å². The number of rotatable bonds is 4. The van der Waals surface area contributed by atoms with Gasteiger partial charge in [0.15, 0.2) is 0 Å². The van der Waals surface area contributed by atoms with Gasteiger partial charge in [-0.2, -0.15) is 13.2 Å². The fourth-order valence-corrected chi connectivity index (χ4v) is 2.58. The van der Waals surface area contributed by atoms with E-state index in [-0.39, 0.29) is 5.92 Å². The van der Waals surface area contributed by atoms with Crippen molar-refractivity contribution in [1.82, 2.24) is 0 Å². The van der Waals surface area contributed by atoms with Crippen LogP contribution in [0.3, 0.4) is 0 Å². The van der Waals surface area contributed by atoms with Crippen molar-refractivity contribution >= 4 is 5.69 Å². The van der Waals surface area contributed by atoms with E-state index in [1.165, 1.54) is 6.07 Å². The van der Waals surface area contributed by atoms with Crippen molar-refractivity contribution in [3.63, 3.8) is 0 Å². The van der Waals surface area contributed by atoms with Crippen LogP contribution in [0.5, 0.6) is 0 Å². The van der Waals surface area contributed by atoms with Crippen LogP contribution in [0.2, 0.25) is 0 Å². The van der Waals surface area contributed by atoms with E-state index in [1.807, 2.05) is 6.07 Å². The SMILES string of the molecule is CCCCCC1CNc2c1cccc2C(F)(F)F. The van der Waals surface area contributed by atoms with Gasteiger partial charge < -0.3 is 5.32 Å². The summed E-state index contributed by atoms with van der Waals surface area (Å²) in [6.45, 7) is 2.76. The molecule has 4 heteroatoms. The number of halogens is 3. The Morgan fingerprint density at radius 2 is 2.06 bits per heavy atom. The molecule has 1 unspecified atom stereocenters. The average Bonchev–Trinajstić information content (AvgIpc) is 2.71. The van der Waals surface area contributed by atoms with Gasteiger partial charge in [0.05, 0.1) is 5.56 Å². The fourth-order valence-electron chi connectivity index (χ4n) is 2.58. The zero-order chi connectivity index (χ0) is 13.2. The Bertz CT molecular complexity index is 412. The van der Waals surface area contributed by atoms with E-state index < -0.39 is 11.7 Å². The maximum absolute atomic E-state index is 12.8. The number of unbranched alkanes of at least 4 members (excludes halogenated alkanes) is 2. The predicted octanol–water partition coefficient (Wildman–Crippen LogP) is 4.79. The average molecular weight is 257 g/mol. The van der Waals surface area contributed by atoms with Crippen LogP contribution in [-0.4, -0.2) is 6.54 Å². The first kappa shape index (κ1) is 13.2. The van der Waals surface area contributed by atoms with Crippen molar-refractivity contribution in [2.24, 2.45) is 0 Å². The van der Waals surface area contributed by atoms with Crippen molar-refractivity contribution in [2.75, 3.05) is 11.9 Å². The van der Waals surface area contributed by atoms with Crippen LogP contribution >= 0.6 is 0 Å². The standard InChI is InChI=1S/C14H18F3N/c1-2-3-4-6-10-9-18-13-11(10)7-5-8-12(13)14(15,16)17/h5,7-8,10,18H,2-4,6,9H2,1H3. The molecule has 0 saturated carbocycles. The van der Waals surface area contributed by atoms with Crippen LogP contribution in [0.4, 0.5) is 18.9 Å². The quantitative estimate of drug-likeness (QED) is 0.764. The summed E-state index contributed by atoms with van der Waals surface area (Å²) < 4.78 is 38.5. The van der Waals surface area contributed by atoms with Crippen molar-refractivity contribution in [1.29, 1.82) is 0 Å². The highest BCUT2D eigenvalue weighted by Gasteiger charge is 2.37. The third kappa shape index (κ3) is 2.62. The second kappa shape index (κ2) is 5.21. The van der Waals surface area contributed by atoms with Crippen LogP contribution in [-0.2, 0) is 6.18 Å². The van der Waals surface area contributed by atoms with Crippen LogP contribution in [0.15, 0.2) is 18.2 Å². The van der Waals surface area contributed by atoms with Crippen LogP contribution in [0.25, 0.3) is 0 Å². The lowest BCUT2D eigenvalue weighted by Gasteiger charge is -2.13. The zero-order valence-electron chi connectivity index (χ0n) is 10.5. The monoisotopic (exact) mass is 257 g/mol. The molecule has 1 atom stereocenters. The number of para-hydroxylation sites is 1. The van der Waals surface area contributed by atoms with Crippen molar-refractivity contribution in [2.45, 2.75) is 44.7 Å². The van der Waals surface area contributed by atoms with Crippen LogP contribution in [0, 0.1) is 0 Å². The molecular formula is C14H18F3N. The molecule has 0 radical (unpaired) electrons. The molecule has 0 fully saturated rings. The second-order valence-electron chi connectivity index (χ2n) is 4.84. The molecule has 1 aromatic rings. The van der Waals surface area contributed by atoms with E-state index >= 15 is 0 Å². The minimum atomic E-state index is -4.27. The van der Waals surface area contributed by atoms with Gasteiger partial charge in [0.1, 0.15) is 0 Å². The lowest BCUT2D eigenvalue weighted by Crippen LogP contribution is -2.08. The lowest BCUT2D eigenvalue weighted by atomic mass is 9.94. The highest BCUT2D eigenvalue weighted by Crippen LogP contribution is 2.43. The van der Waals surface area contributed by atoms with E-state index in [4.69, 9.17) is 0 Å². The molecule has 1 aromatic carbocycles. The highest BCUT2D eigenvalue weighted by molar-refractivity contribution is 5.64. The molecule has 1 heterocycles. The minimum Gasteiger partial charge on any atom is -0.384 e. The van der Waals surface area contributed by atoms with Gasteiger partial charge in [-0.3, -0.25) is 0 Å². The first-order chi connectivity index (χ1) is 8.54. The fraction of sp³-hybridized carbons (Fsp3) is 0.571. The molecule has 0 bridgehead atoms. The number of alkyl halides is 3. The summed E-state index contributed by atoms with van der Waals surface area (Å²) in [7, 11) is 0. The molecule has 0 spiro atoms. The third-order valence-corrected chi connectivity index (χ3v) is 3.52. The molecule has 1 N–H and O–H groups in total. The number of hydrogen-bond donors (Lipinski definition) is 1. The summed E-state index contributed by atoms with van der Waals surface area (Å²) in [4.78, 5) is 0. The number of benzene rings is 1. The van der Waals surface area contributed by atoms with Gasteiger partial charge >= 0.3 is 6.18 Å². The maximum atomic E-state index is 12.8. The smallest absolute Gasteiger partial charge is 0.384 e. The summed E-state index contributed by atoms with van der Waals surface area (Å²) in [5.41, 5.74) is 0.602. The molecule has 2 rings (SSSR count). The van der Waals surface area contributed by atoms with E-state index in [1.54, 1.807) is 0 Å². The molecule has 0 amide bonds. The maximum Gasteiger partial charge on any atom is 0.418 e. The summed E-state index contributed by atoms with van der Waals surface area (Å²) in [5, 5.41) is 2.93. The predicted molar refractivity (Wildman–Crippen MR) is 66.8 cm³/mol. The van der Waals surface area contributed by atoms with E-state index in [0.29, 0.717) is 12.2 Å². The van der Waals surface area contributed by atoms with Gasteiger partial charge in [-0.1, -0.05) is 38.3 Å². The van der Waals surface area contributed by atoms with Gasteiger partial charge in [-0.05, 0) is 18.1 Å². The Morgan fingerprint density at radius 1 is 1.28 bits per heavy atom. The number of hydrogen-bond acceptors (Lipinski definition) is 1. The first-order valence-electron chi connectivity index (χ1n) is 6.48. The summed E-state index contributed by atoms with van der Waals surface area (Å²) in [5.74, 6) is 0.230. The Kier molecular flexibility index (Phi) is 3.83. The summed E-state index contributed by atoms with van der Waals surface area (Å²) in [6, 6.07) is 4.49. The minimum absolute atomic E-state index is 0.230.